The molecule has 0 saturated heterocycles. The van der Waals surface area contributed by atoms with Gasteiger partial charge < -0.3 is 22.4 Å². The Morgan fingerprint density at radius 1 is 1.08 bits per heavy atom. The molecule has 0 heterocycles. The molecule has 0 atom stereocenters. The van der Waals surface area contributed by atoms with Crippen LogP contribution < -0.4 is 0 Å². The second-order valence-corrected chi connectivity index (χ2v) is 4.14. The van der Waals surface area contributed by atoms with Crippen LogP contribution >= 0.6 is 15.6 Å². The summed E-state index contributed by atoms with van der Waals surface area (Å²) in [6.07, 6.45) is -1.67. The summed E-state index contributed by atoms with van der Waals surface area (Å²) >= 11 is 0. The van der Waals surface area contributed by atoms with Crippen LogP contribution in [0.4, 0.5) is 0 Å². The first kappa shape index (κ1) is 16.4. The largest absolute Gasteiger partial charge is 2.00 e. The molecular weight excluding hydrogens is 238 g/mol. The first-order valence-corrected chi connectivity index (χ1v) is 5.64. The molecule has 0 bridgehead atoms. The van der Waals surface area contributed by atoms with Gasteiger partial charge in [-0.1, -0.05) is 0 Å². The molecule has 78 valence electrons. The number of hydrogen-bond donors (Lipinski definition) is 4. The molecular formula is C2H10MgO8P2. The molecule has 0 rings (SSSR count). The molecule has 0 aromatic heterocycles. The van der Waals surface area contributed by atoms with Gasteiger partial charge in [0.15, 0.2) is 6.29 Å². The first-order valence-electron chi connectivity index (χ1n) is 2.58. The van der Waals surface area contributed by atoms with Gasteiger partial charge in [0, 0.05) is 0 Å². The Labute approximate surface area is 92.8 Å². The van der Waals surface area contributed by atoms with E-state index in [0.29, 0.717) is 0 Å². The van der Waals surface area contributed by atoms with Crippen molar-refractivity contribution in [3.8, 4) is 0 Å². The summed E-state index contributed by atoms with van der Waals surface area (Å²) in [5.74, 6) is 0. The molecule has 0 aromatic carbocycles. The van der Waals surface area contributed by atoms with Crippen LogP contribution in [0.1, 0.15) is 9.78 Å². The van der Waals surface area contributed by atoms with Crippen LogP contribution in [0.15, 0.2) is 0 Å². The van der Waals surface area contributed by atoms with Gasteiger partial charge in [-0.15, -0.1) is 0 Å². The zero-order valence-electron chi connectivity index (χ0n) is 8.60. The molecule has 0 spiro atoms. The van der Waals surface area contributed by atoms with Gasteiger partial charge >= 0.3 is 38.7 Å². The van der Waals surface area contributed by atoms with Crippen molar-refractivity contribution in [3.05, 3.63) is 0 Å². The van der Waals surface area contributed by atoms with Crippen LogP contribution in [-0.2, 0) is 18.2 Å². The van der Waals surface area contributed by atoms with E-state index >= 15 is 0 Å². The summed E-state index contributed by atoms with van der Waals surface area (Å²) in [4.78, 5) is 32.6. The van der Waals surface area contributed by atoms with Crippen molar-refractivity contribution in [2.24, 2.45) is 0 Å². The maximum absolute atomic E-state index is 10.1. The monoisotopic (exact) mass is 248 g/mol. The van der Waals surface area contributed by atoms with Crippen LogP contribution in [0.5, 0.6) is 0 Å². The van der Waals surface area contributed by atoms with E-state index in [-0.39, 0.29) is 25.9 Å². The molecule has 0 aliphatic heterocycles. The average Bonchev–Trinajstić information content (AvgIpc) is 1.49. The van der Waals surface area contributed by atoms with Gasteiger partial charge in [0.1, 0.15) is 0 Å². The molecule has 8 nitrogen and oxygen atoms in total. The van der Waals surface area contributed by atoms with Gasteiger partial charge in [0.2, 0.25) is 0 Å². The maximum Gasteiger partial charge on any atom is 2.00 e. The van der Waals surface area contributed by atoms with Crippen LogP contribution in [0, 0.1) is 0 Å². The zero-order valence-corrected chi connectivity index (χ0v) is 9.80. The second-order valence-electron chi connectivity index (χ2n) is 1.76. The predicted octanol–water partition coefficient (Wildman–Crippen LogP) is -0.605. The summed E-state index contributed by atoms with van der Waals surface area (Å²) < 4.78 is 27.7. The van der Waals surface area contributed by atoms with Crippen LogP contribution in [0.25, 0.3) is 0 Å². The molecule has 0 fully saturated rings. The molecule has 0 aromatic rings. The standard InChI is InChI=1S/C2H8O8P2.Mg.2H/c1-2(9-11(3,4)5)10-12(6,7)8;;;/h2H,1H3,(H2,3,4,5)(H2,6,7,8);;;/q;+2;2*-1. The summed E-state index contributed by atoms with van der Waals surface area (Å²) in [6, 6.07) is 0. The number of phosphoric acid groups is 2. The van der Waals surface area contributed by atoms with Crippen molar-refractivity contribution in [1.29, 1.82) is 0 Å². The first-order chi connectivity index (χ1) is 5.10. The summed E-state index contributed by atoms with van der Waals surface area (Å²) in [5, 5.41) is 0. The van der Waals surface area contributed by atoms with Crippen molar-refractivity contribution in [2.45, 2.75) is 13.2 Å². The van der Waals surface area contributed by atoms with Gasteiger partial charge in [0.05, 0.1) is 0 Å². The summed E-state index contributed by atoms with van der Waals surface area (Å²) in [7, 11) is -9.55. The van der Waals surface area contributed by atoms with E-state index in [2.05, 4.69) is 9.05 Å². The molecule has 4 N–H and O–H groups in total. The van der Waals surface area contributed by atoms with Crippen molar-refractivity contribution >= 4 is 38.7 Å². The third kappa shape index (κ3) is 13.0. The Kier molecular flexibility index (Phi) is 7.28. The third-order valence-corrected chi connectivity index (χ3v) is 1.71. The number of hydrogen-bond acceptors (Lipinski definition) is 4. The van der Waals surface area contributed by atoms with E-state index in [4.69, 9.17) is 19.6 Å². The second kappa shape index (κ2) is 5.77. The van der Waals surface area contributed by atoms with Gasteiger partial charge in [-0.25, -0.2) is 9.13 Å². The minimum atomic E-state index is -4.78. The fourth-order valence-corrected chi connectivity index (χ4v) is 1.33. The van der Waals surface area contributed by atoms with Crippen molar-refractivity contribution in [2.75, 3.05) is 0 Å². The summed E-state index contributed by atoms with van der Waals surface area (Å²) in [5.41, 5.74) is 0. The molecule has 13 heavy (non-hydrogen) atoms. The zero-order chi connectivity index (χ0) is 9.99. The molecule has 0 amide bonds. The Bertz CT molecular complexity index is 213. The average molecular weight is 248 g/mol. The third-order valence-electron chi connectivity index (χ3n) is 0.572. The summed E-state index contributed by atoms with van der Waals surface area (Å²) in [6.45, 7) is 0.943. The molecule has 0 unspecified atom stereocenters. The van der Waals surface area contributed by atoms with Gasteiger partial charge in [0.25, 0.3) is 0 Å². The van der Waals surface area contributed by atoms with Crippen LogP contribution in [0.3, 0.4) is 0 Å². The molecule has 0 radical (unpaired) electrons. The molecule has 11 heteroatoms. The van der Waals surface area contributed by atoms with Crippen molar-refractivity contribution in [1.82, 2.24) is 0 Å². The predicted molar refractivity (Wildman–Crippen MR) is 43.7 cm³/mol. The molecule has 0 aliphatic rings. The Balaban J connectivity index is -0.000000202. The quantitative estimate of drug-likeness (QED) is 0.294. The van der Waals surface area contributed by atoms with E-state index in [1.807, 2.05) is 0 Å². The number of rotatable bonds is 4. The van der Waals surface area contributed by atoms with E-state index in [0.717, 1.165) is 6.92 Å². The Hall–Kier alpha value is 0.986. The van der Waals surface area contributed by atoms with Gasteiger partial charge in [-0.2, -0.15) is 0 Å². The van der Waals surface area contributed by atoms with Crippen LogP contribution in [-0.4, -0.2) is 48.9 Å². The van der Waals surface area contributed by atoms with E-state index in [9.17, 15) is 9.13 Å². The van der Waals surface area contributed by atoms with E-state index < -0.39 is 21.9 Å². The smallest absolute Gasteiger partial charge is 1.00 e. The van der Waals surface area contributed by atoms with Crippen LogP contribution in [0.2, 0.25) is 0 Å². The minimum Gasteiger partial charge on any atom is -1.00 e. The van der Waals surface area contributed by atoms with Gasteiger partial charge in [-0.05, 0) is 6.92 Å². The van der Waals surface area contributed by atoms with Gasteiger partial charge in [-0.3, -0.25) is 9.05 Å². The van der Waals surface area contributed by atoms with E-state index in [1.54, 1.807) is 0 Å². The Morgan fingerprint density at radius 2 is 1.31 bits per heavy atom. The fourth-order valence-electron chi connectivity index (χ4n) is 0.406. The van der Waals surface area contributed by atoms with E-state index in [1.165, 1.54) is 0 Å². The SMILES string of the molecule is CC(OP(=O)(O)O)OP(=O)(O)O.[H-].[H-].[Mg+2]. The minimum absolute atomic E-state index is 0. The molecule has 0 aliphatic carbocycles. The normalized spacial score (nSPS) is 12.8. The topological polar surface area (TPSA) is 134 Å². The Morgan fingerprint density at radius 3 is 1.46 bits per heavy atom. The fraction of sp³-hybridized carbons (Fsp3) is 1.00. The number of phosphoric ester groups is 2. The molecule has 0 saturated carbocycles. The van der Waals surface area contributed by atoms with Crippen molar-refractivity contribution < 1.29 is 40.6 Å². The van der Waals surface area contributed by atoms with Crippen molar-refractivity contribution in [3.63, 3.8) is 0 Å². The maximum atomic E-state index is 10.1.